The van der Waals surface area contributed by atoms with Crippen molar-refractivity contribution in [1.29, 1.82) is 5.26 Å². The number of rotatable bonds is 4. The van der Waals surface area contributed by atoms with E-state index in [0.717, 1.165) is 25.9 Å². The van der Waals surface area contributed by atoms with Gasteiger partial charge in [0.15, 0.2) is 17.4 Å². The highest BCUT2D eigenvalue weighted by molar-refractivity contribution is 5.65. The molecule has 124 valence electrons. The van der Waals surface area contributed by atoms with Crippen LogP contribution in [0.3, 0.4) is 0 Å². The van der Waals surface area contributed by atoms with E-state index in [-0.39, 0.29) is 5.75 Å². The van der Waals surface area contributed by atoms with Gasteiger partial charge in [0.2, 0.25) is 0 Å². The van der Waals surface area contributed by atoms with Crippen molar-refractivity contribution in [1.82, 2.24) is 5.32 Å². The van der Waals surface area contributed by atoms with Gasteiger partial charge >= 0.3 is 0 Å². The van der Waals surface area contributed by atoms with Crippen molar-refractivity contribution in [3.8, 4) is 22.9 Å². The van der Waals surface area contributed by atoms with Gasteiger partial charge in [0.05, 0.1) is 18.2 Å². The van der Waals surface area contributed by atoms with Crippen molar-refractivity contribution in [3.05, 3.63) is 53.6 Å². The van der Waals surface area contributed by atoms with E-state index >= 15 is 0 Å². The molecule has 0 unspecified atom stereocenters. The standard InChI is InChI=1S/C19H18F2N2O/c20-17-9-16(15-3-1-13(11-22)2-4-15)10-18(21)19(17)24-12-14-5-7-23-8-6-14/h1-4,9-10,14,23H,5-8,12H2. The zero-order chi connectivity index (χ0) is 16.9. The number of ether oxygens (including phenoxy) is 1. The third-order valence-corrected chi connectivity index (χ3v) is 4.27. The molecule has 1 fully saturated rings. The van der Waals surface area contributed by atoms with Crippen molar-refractivity contribution in [2.24, 2.45) is 5.92 Å². The molecule has 24 heavy (non-hydrogen) atoms. The fraction of sp³-hybridized carbons (Fsp3) is 0.316. The van der Waals surface area contributed by atoms with Gasteiger partial charge in [0.1, 0.15) is 0 Å². The second-order valence-electron chi connectivity index (χ2n) is 5.96. The van der Waals surface area contributed by atoms with E-state index in [1.807, 2.05) is 6.07 Å². The topological polar surface area (TPSA) is 45.0 Å². The molecule has 0 saturated carbocycles. The Kier molecular flexibility index (Phi) is 5.07. The minimum Gasteiger partial charge on any atom is -0.487 e. The van der Waals surface area contributed by atoms with E-state index < -0.39 is 11.6 Å². The highest BCUT2D eigenvalue weighted by Gasteiger charge is 2.18. The largest absolute Gasteiger partial charge is 0.487 e. The summed E-state index contributed by atoms with van der Waals surface area (Å²) in [5.74, 6) is -1.40. The van der Waals surface area contributed by atoms with Crippen LogP contribution in [0.5, 0.6) is 5.75 Å². The summed E-state index contributed by atoms with van der Waals surface area (Å²) in [7, 11) is 0. The van der Waals surface area contributed by atoms with Gasteiger partial charge < -0.3 is 10.1 Å². The van der Waals surface area contributed by atoms with Crippen LogP contribution in [0.1, 0.15) is 18.4 Å². The summed E-state index contributed by atoms with van der Waals surface area (Å²) in [4.78, 5) is 0. The van der Waals surface area contributed by atoms with Crippen molar-refractivity contribution in [3.63, 3.8) is 0 Å². The van der Waals surface area contributed by atoms with Gasteiger partial charge in [-0.3, -0.25) is 0 Å². The quantitative estimate of drug-likeness (QED) is 0.926. The zero-order valence-corrected chi connectivity index (χ0v) is 13.2. The molecule has 3 rings (SSSR count). The SMILES string of the molecule is N#Cc1ccc(-c2cc(F)c(OCC3CCNCC3)c(F)c2)cc1. The third kappa shape index (κ3) is 3.72. The van der Waals surface area contributed by atoms with E-state index in [4.69, 9.17) is 10.00 Å². The number of benzene rings is 2. The maximum absolute atomic E-state index is 14.3. The first kappa shape index (κ1) is 16.4. The molecule has 1 aliphatic rings. The van der Waals surface area contributed by atoms with Crippen LogP contribution in [0.2, 0.25) is 0 Å². The fourth-order valence-corrected chi connectivity index (χ4v) is 2.85. The Bertz CT molecular complexity index is 724. The Morgan fingerprint density at radius 3 is 2.25 bits per heavy atom. The summed E-state index contributed by atoms with van der Waals surface area (Å²) in [6.07, 6.45) is 1.90. The molecule has 0 bridgehead atoms. The van der Waals surface area contributed by atoms with Crippen LogP contribution in [0.25, 0.3) is 11.1 Å². The zero-order valence-electron chi connectivity index (χ0n) is 13.2. The molecule has 2 aromatic rings. The third-order valence-electron chi connectivity index (χ3n) is 4.27. The molecule has 0 spiro atoms. The lowest BCUT2D eigenvalue weighted by Gasteiger charge is -2.23. The van der Waals surface area contributed by atoms with Crippen LogP contribution in [0.15, 0.2) is 36.4 Å². The van der Waals surface area contributed by atoms with Crippen LogP contribution in [-0.4, -0.2) is 19.7 Å². The number of hydrogen-bond donors (Lipinski definition) is 1. The van der Waals surface area contributed by atoms with Crippen LogP contribution < -0.4 is 10.1 Å². The van der Waals surface area contributed by atoms with Crippen LogP contribution >= 0.6 is 0 Å². The van der Waals surface area contributed by atoms with Gasteiger partial charge in [-0.2, -0.15) is 5.26 Å². The van der Waals surface area contributed by atoms with E-state index in [9.17, 15) is 8.78 Å². The van der Waals surface area contributed by atoms with E-state index in [2.05, 4.69) is 5.32 Å². The molecule has 5 heteroatoms. The highest BCUT2D eigenvalue weighted by Crippen LogP contribution is 2.30. The summed E-state index contributed by atoms with van der Waals surface area (Å²) in [6, 6.07) is 11.1. The van der Waals surface area contributed by atoms with Crippen molar-refractivity contribution in [2.45, 2.75) is 12.8 Å². The summed E-state index contributed by atoms with van der Waals surface area (Å²) >= 11 is 0. The fourth-order valence-electron chi connectivity index (χ4n) is 2.85. The van der Waals surface area contributed by atoms with Gasteiger partial charge in [-0.25, -0.2) is 8.78 Å². The van der Waals surface area contributed by atoms with Crippen molar-refractivity contribution in [2.75, 3.05) is 19.7 Å². The Morgan fingerprint density at radius 2 is 1.67 bits per heavy atom. The number of nitriles is 1. The second kappa shape index (κ2) is 7.41. The van der Waals surface area contributed by atoms with Gasteiger partial charge in [0, 0.05) is 0 Å². The van der Waals surface area contributed by atoms with Crippen LogP contribution in [-0.2, 0) is 0 Å². The Hall–Kier alpha value is -2.45. The predicted molar refractivity (Wildman–Crippen MR) is 87.6 cm³/mol. The van der Waals surface area contributed by atoms with Gasteiger partial charge in [0.25, 0.3) is 0 Å². The minimum absolute atomic E-state index is 0.314. The Morgan fingerprint density at radius 1 is 1.04 bits per heavy atom. The lowest BCUT2D eigenvalue weighted by molar-refractivity contribution is 0.201. The molecule has 3 nitrogen and oxygen atoms in total. The maximum atomic E-state index is 14.3. The number of piperidine rings is 1. The smallest absolute Gasteiger partial charge is 0.190 e. The predicted octanol–water partition coefficient (Wildman–Crippen LogP) is 3.88. The maximum Gasteiger partial charge on any atom is 0.190 e. The first-order valence-electron chi connectivity index (χ1n) is 8.00. The Balaban J connectivity index is 1.76. The molecular weight excluding hydrogens is 310 g/mol. The Labute approximate surface area is 139 Å². The number of halogens is 2. The molecule has 1 saturated heterocycles. The van der Waals surface area contributed by atoms with Crippen LogP contribution in [0.4, 0.5) is 8.78 Å². The monoisotopic (exact) mass is 328 g/mol. The number of hydrogen-bond acceptors (Lipinski definition) is 3. The molecule has 1 heterocycles. The molecule has 0 aromatic heterocycles. The molecule has 0 amide bonds. The van der Waals surface area contributed by atoms with Gasteiger partial charge in [-0.05, 0) is 67.2 Å². The first-order chi connectivity index (χ1) is 11.7. The summed E-state index contributed by atoms with van der Waals surface area (Å²) in [5, 5.41) is 12.0. The average molecular weight is 328 g/mol. The molecule has 2 aromatic carbocycles. The van der Waals surface area contributed by atoms with Crippen LogP contribution in [0, 0.1) is 28.9 Å². The molecule has 0 radical (unpaired) electrons. The van der Waals surface area contributed by atoms with Gasteiger partial charge in [-0.15, -0.1) is 0 Å². The molecule has 1 N–H and O–H groups in total. The van der Waals surface area contributed by atoms with E-state index in [1.54, 1.807) is 24.3 Å². The lowest BCUT2D eigenvalue weighted by Crippen LogP contribution is -2.30. The van der Waals surface area contributed by atoms with Crippen molar-refractivity contribution >= 4 is 0 Å². The van der Waals surface area contributed by atoms with E-state index in [1.165, 1.54) is 12.1 Å². The minimum atomic E-state index is -0.705. The van der Waals surface area contributed by atoms with Gasteiger partial charge in [-0.1, -0.05) is 12.1 Å². The molecule has 1 aliphatic heterocycles. The molecule has 0 atom stereocenters. The van der Waals surface area contributed by atoms with Crippen molar-refractivity contribution < 1.29 is 13.5 Å². The first-order valence-corrected chi connectivity index (χ1v) is 8.00. The number of nitrogens with one attached hydrogen (secondary N) is 1. The lowest BCUT2D eigenvalue weighted by atomic mass is 9.99. The normalized spacial score (nSPS) is 15.0. The molecular formula is C19H18F2N2O. The summed E-state index contributed by atoms with van der Waals surface area (Å²) in [6.45, 7) is 2.15. The van der Waals surface area contributed by atoms with E-state index in [0.29, 0.717) is 29.2 Å². The number of nitrogens with zero attached hydrogens (tertiary/aromatic N) is 1. The second-order valence-corrected chi connectivity index (χ2v) is 5.96. The molecule has 0 aliphatic carbocycles. The summed E-state index contributed by atoms with van der Waals surface area (Å²) < 4.78 is 33.9. The highest BCUT2D eigenvalue weighted by atomic mass is 19.1. The average Bonchev–Trinajstić information content (AvgIpc) is 2.62. The summed E-state index contributed by atoms with van der Waals surface area (Å²) in [5.41, 5.74) is 1.57.